The van der Waals surface area contributed by atoms with Crippen LogP contribution in [-0.4, -0.2) is 50.3 Å². The highest BCUT2D eigenvalue weighted by molar-refractivity contribution is 7.13. The summed E-state index contributed by atoms with van der Waals surface area (Å²) in [6, 6.07) is 16.3. The van der Waals surface area contributed by atoms with Crippen LogP contribution in [0.2, 0.25) is 0 Å². The van der Waals surface area contributed by atoms with E-state index in [1.165, 1.54) is 5.69 Å². The van der Waals surface area contributed by atoms with Gasteiger partial charge in [-0.25, -0.2) is 4.98 Å². The molecule has 28 heavy (non-hydrogen) atoms. The number of hydrogen-bond donors (Lipinski definition) is 0. The van der Waals surface area contributed by atoms with Crippen molar-refractivity contribution in [3.05, 3.63) is 59.6 Å². The zero-order chi connectivity index (χ0) is 19.3. The zero-order valence-electron chi connectivity index (χ0n) is 16.3. The lowest BCUT2D eigenvalue weighted by Crippen LogP contribution is -2.46. The second kappa shape index (κ2) is 8.63. The summed E-state index contributed by atoms with van der Waals surface area (Å²) in [6.07, 6.45) is 0. The van der Waals surface area contributed by atoms with Gasteiger partial charge in [0, 0.05) is 38.1 Å². The summed E-state index contributed by atoms with van der Waals surface area (Å²) in [6.45, 7) is 4.89. The molecule has 0 unspecified atom stereocenters. The van der Waals surface area contributed by atoms with E-state index in [-0.39, 0.29) is 0 Å². The molecule has 0 amide bonds. The minimum absolute atomic E-state index is 0.869. The number of rotatable bonds is 6. The van der Waals surface area contributed by atoms with Crippen LogP contribution in [0.15, 0.2) is 53.9 Å². The van der Waals surface area contributed by atoms with Crippen molar-refractivity contribution < 1.29 is 9.47 Å². The van der Waals surface area contributed by atoms with Crippen LogP contribution >= 0.6 is 11.3 Å². The quantitative estimate of drug-likeness (QED) is 0.627. The molecule has 1 saturated heterocycles. The highest BCUT2D eigenvalue weighted by Crippen LogP contribution is 2.32. The van der Waals surface area contributed by atoms with Gasteiger partial charge in [0.25, 0.3) is 0 Å². The van der Waals surface area contributed by atoms with Crippen molar-refractivity contribution in [3.8, 4) is 22.1 Å². The van der Waals surface area contributed by atoms with Crippen molar-refractivity contribution in [1.29, 1.82) is 0 Å². The number of ether oxygens (including phenoxy) is 2. The average Bonchev–Trinajstić information content (AvgIpc) is 3.22. The van der Waals surface area contributed by atoms with Gasteiger partial charge in [-0.15, -0.1) is 11.3 Å². The van der Waals surface area contributed by atoms with Gasteiger partial charge in [-0.1, -0.05) is 24.3 Å². The molecule has 1 fully saturated rings. The van der Waals surface area contributed by atoms with Gasteiger partial charge in [0.05, 0.1) is 31.2 Å². The summed E-state index contributed by atoms with van der Waals surface area (Å²) < 4.78 is 11.0. The van der Waals surface area contributed by atoms with E-state index in [0.717, 1.165) is 60.5 Å². The van der Waals surface area contributed by atoms with Crippen LogP contribution in [0.5, 0.6) is 11.5 Å². The number of hydrogen-bond acceptors (Lipinski definition) is 6. The van der Waals surface area contributed by atoms with Crippen molar-refractivity contribution >= 4 is 17.0 Å². The van der Waals surface area contributed by atoms with Crippen molar-refractivity contribution in [2.75, 3.05) is 45.3 Å². The number of benzene rings is 2. The van der Waals surface area contributed by atoms with Gasteiger partial charge >= 0.3 is 0 Å². The average molecular weight is 396 g/mol. The molecule has 3 aromatic rings. The van der Waals surface area contributed by atoms with E-state index in [9.17, 15) is 0 Å². The van der Waals surface area contributed by atoms with Crippen molar-refractivity contribution in [3.63, 3.8) is 0 Å². The Balaban J connectivity index is 1.39. The Morgan fingerprint density at radius 3 is 2.32 bits per heavy atom. The largest absolute Gasteiger partial charge is 0.496 e. The van der Waals surface area contributed by atoms with Gasteiger partial charge in [0.15, 0.2) is 0 Å². The van der Waals surface area contributed by atoms with Gasteiger partial charge in [-0.3, -0.25) is 4.90 Å². The van der Waals surface area contributed by atoms with E-state index in [1.54, 1.807) is 25.6 Å². The molecule has 0 aliphatic carbocycles. The molecule has 0 saturated carbocycles. The number of methoxy groups -OCH3 is 2. The Kier molecular flexibility index (Phi) is 5.78. The molecule has 4 rings (SSSR count). The van der Waals surface area contributed by atoms with Crippen molar-refractivity contribution in [1.82, 2.24) is 9.88 Å². The van der Waals surface area contributed by atoms with E-state index in [4.69, 9.17) is 14.5 Å². The Labute approximate surface area is 170 Å². The molecule has 0 N–H and O–H groups in total. The van der Waals surface area contributed by atoms with Crippen molar-refractivity contribution in [2.24, 2.45) is 0 Å². The maximum Gasteiger partial charge on any atom is 0.142 e. The SMILES string of the molecule is COc1ccccc1-c1nc(CN2CCN(c3ccccc3OC)CC2)cs1. The predicted octanol–water partition coefficient (Wildman–Crippen LogP) is 4.15. The molecule has 2 heterocycles. The lowest BCUT2D eigenvalue weighted by atomic mass is 10.2. The van der Waals surface area contributed by atoms with E-state index in [0.29, 0.717) is 0 Å². The molecular weight excluding hydrogens is 370 g/mol. The Morgan fingerprint density at radius 1 is 0.893 bits per heavy atom. The summed E-state index contributed by atoms with van der Waals surface area (Å²) in [4.78, 5) is 9.72. The van der Waals surface area contributed by atoms with Crippen LogP contribution in [-0.2, 0) is 6.54 Å². The minimum atomic E-state index is 0.869. The highest BCUT2D eigenvalue weighted by Gasteiger charge is 2.20. The number of nitrogens with zero attached hydrogens (tertiary/aromatic N) is 3. The summed E-state index contributed by atoms with van der Waals surface area (Å²) >= 11 is 1.68. The summed E-state index contributed by atoms with van der Waals surface area (Å²) in [7, 11) is 3.44. The van der Waals surface area contributed by atoms with Crippen LogP contribution in [0.1, 0.15) is 5.69 Å². The molecule has 5 nitrogen and oxygen atoms in total. The van der Waals surface area contributed by atoms with Crippen molar-refractivity contribution in [2.45, 2.75) is 6.54 Å². The molecule has 0 atom stereocenters. The maximum absolute atomic E-state index is 5.51. The predicted molar refractivity (Wildman–Crippen MR) is 115 cm³/mol. The van der Waals surface area contributed by atoms with Crippen LogP contribution in [0.4, 0.5) is 5.69 Å². The van der Waals surface area contributed by atoms with Gasteiger partial charge < -0.3 is 14.4 Å². The molecule has 0 radical (unpaired) electrons. The zero-order valence-corrected chi connectivity index (χ0v) is 17.1. The van der Waals surface area contributed by atoms with Gasteiger partial charge in [0.2, 0.25) is 0 Å². The molecule has 1 aliphatic rings. The van der Waals surface area contributed by atoms with E-state index in [2.05, 4.69) is 33.4 Å². The first kappa shape index (κ1) is 18.8. The molecule has 146 valence electrons. The van der Waals surface area contributed by atoms with E-state index < -0.39 is 0 Å². The second-order valence-electron chi connectivity index (χ2n) is 6.78. The number of aromatic nitrogens is 1. The fraction of sp³-hybridized carbons (Fsp3) is 0.318. The second-order valence-corrected chi connectivity index (χ2v) is 7.64. The lowest BCUT2D eigenvalue weighted by Gasteiger charge is -2.36. The fourth-order valence-corrected chi connectivity index (χ4v) is 4.43. The first-order chi connectivity index (χ1) is 13.8. The molecule has 1 aliphatic heterocycles. The molecule has 6 heteroatoms. The molecular formula is C22H25N3O2S. The normalized spacial score (nSPS) is 14.9. The minimum Gasteiger partial charge on any atom is -0.496 e. The van der Waals surface area contributed by atoms with E-state index in [1.807, 2.05) is 30.3 Å². The summed E-state index contributed by atoms with van der Waals surface area (Å²) in [5, 5.41) is 3.18. The third-order valence-electron chi connectivity index (χ3n) is 5.07. The van der Waals surface area contributed by atoms with Gasteiger partial charge in [-0.2, -0.15) is 0 Å². The third kappa shape index (κ3) is 3.98. The Hall–Kier alpha value is -2.57. The van der Waals surface area contributed by atoms with Gasteiger partial charge in [-0.05, 0) is 24.3 Å². The molecule has 1 aromatic heterocycles. The first-order valence-corrected chi connectivity index (χ1v) is 10.3. The summed E-state index contributed by atoms with van der Waals surface area (Å²) in [5.41, 5.74) is 3.36. The maximum atomic E-state index is 5.51. The standard InChI is InChI=1S/C22H25N3O2S/c1-26-20-9-5-3-7-18(20)22-23-17(16-28-22)15-24-11-13-25(14-12-24)19-8-4-6-10-21(19)27-2/h3-10,16H,11-15H2,1-2H3. The molecule has 2 aromatic carbocycles. The number of thiazole rings is 1. The van der Waals surface area contributed by atoms with Crippen LogP contribution < -0.4 is 14.4 Å². The number of anilines is 1. The van der Waals surface area contributed by atoms with Crippen LogP contribution in [0, 0.1) is 0 Å². The summed E-state index contributed by atoms with van der Waals surface area (Å²) in [5.74, 6) is 1.81. The molecule has 0 spiro atoms. The van der Waals surface area contributed by atoms with Crippen LogP contribution in [0.3, 0.4) is 0 Å². The number of para-hydroxylation sites is 3. The fourth-order valence-electron chi connectivity index (χ4n) is 3.59. The van der Waals surface area contributed by atoms with Crippen LogP contribution in [0.25, 0.3) is 10.6 Å². The Bertz CT molecular complexity index is 919. The Morgan fingerprint density at radius 2 is 1.57 bits per heavy atom. The first-order valence-electron chi connectivity index (χ1n) is 9.46. The van der Waals surface area contributed by atoms with Gasteiger partial charge in [0.1, 0.15) is 16.5 Å². The molecule has 0 bridgehead atoms. The topological polar surface area (TPSA) is 37.8 Å². The lowest BCUT2D eigenvalue weighted by molar-refractivity contribution is 0.247. The number of piperazine rings is 1. The monoisotopic (exact) mass is 395 g/mol. The highest BCUT2D eigenvalue weighted by atomic mass is 32.1. The smallest absolute Gasteiger partial charge is 0.142 e. The van der Waals surface area contributed by atoms with E-state index >= 15 is 0 Å². The third-order valence-corrected chi connectivity index (χ3v) is 6.00.